The number of amides is 1. The molecule has 1 N–H and O–H groups in total. The summed E-state index contributed by atoms with van der Waals surface area (Å²) in [6, 6.07) is 5.42. The number of aryl methyl sites for hydroxylation is 1. The molecule has 1 aliphatic carbocycles. The molecule has 1 aliphatic rings. The number of aromatic nitrogens is 3. The fourth-order valence-corrected chi connectivity index (χ4v) is 3.43. The predicted molar refractivity (Wildman–Crippen MR) is 101 cm³/mol. The van der Waals surface area contributed by atoms with Gasteiger partial charge in [-0.2, -0.15) is 5.10 Å². The summed E-state index contributed by atoms with van der Waals surface area (Å²) in [5.41, 5.74) is 3.05. The van der Waals surface area contributed by atoms with Crippen LogP contribution in [0.5, 0.6) is 11.5 Å². The van der Waals surface area contributed by atoms with Gasteiger partial charge in [-0.3, -0.25) is 9.59 Å². The molecule has 2 aromatic heterocycles. The number of nitrogens with one attached hydrogen (secondary N) is 1. The van der Waals surface area contributed by atoms with Crippen LogP contribution < -0.4 is 14.8 Å². The first kappa shape index (κ1) is 18.0. The number of rotatable bonds is 5. The normalized spacial score (nSPS) is 13.3. The number of ether oxygens (including phenoxy) is 2. The van der Waals surface area contributed by atoms with Crippen molar-refractivity contribution in [3.8, 4) is 11.5 Å². The van der Waals surface area contributed by atoms with Gasteiger partial charge in [0.1, 0.15) is 17.1 Å². The Labute approximate surface area is 161 Å². The lowest BCUT2D eigenvalue weighted by Crippen LogP contribution is -2.23. The molecule has 144 valence electrons. The summed E-state index contributed by atoms with van der Waals surface area (Å²) in [6.45, 7) is 0.284. The lowest BCUT2D eigenvalue weighted by atomic mass is 9.96. The summed E-state index contributed by atoms with van der Waals surface area (Å²) in [4.78, 5) is 29.1. The third kappa shape index (κ3) is 3.06. The molecule has 28 heavy (non-hydrogen) atoms. The number of hydrogen-bond donors (Lipinski definition) is 1. The molecular formula is C20H20N4O4. The summed E-state index contributed by atoms with van der Waals surface area (Å²) in [5.74, 6) is 1.09. The maximum atomic E-state index is 12.7. The van der Waals surface area contributed by atoms with Crippen LogP contribution in [0.2, 0.25) is 0 Å². The number of methoxy groups -OCH3 is 2. The standard InChI is InChI=1S/C20H20N4O4/c1-27-13-7-6-12(18(8-13)28-2)9-22-20(26)15-11-23-24-16-4-3-5-17(25)14(16)10-21-19(15)24/h6-8,10-11H,3-5,9H2,1-2H3,(H,22,26). The average Bonchev–Trinajstić information content (AvgIpc) is 3.17. The number of benzene rings is 1. The van der Waals surface area contributed by atoms with Crippen molar-refractivity contribution in [1.82, 2.24) is 19.9 Å². The molecule has 8 nitrogen and oxygen atoms in total. The third-order valence-corrected chi connectivity index (χ3v) is 4.92. The minimum absolute atomic E-state index is 0.0729. The minimum Gasteiger partial charge on any atom is -0.497 e. The molecule has 0 unspecified atom stereocenters. The van der Waals surface area contributed by atoms with Gasteiger partial charge in [-0.1, -0.05) is 0 Å². The number of nitrogens with zero attached hydrogens (tertiary/aromatic N) is 3. The second-order valence-corrected chi connectivity index (χ2v) is 6.55. The lowest BCUT2D eigenvalue weighted by Gasteiger charge is -2.15. The van der Waals surface area contributed by atoms with E-state index >= 15 is 0 Å². The SMILES string of the molecule is COc1ccc(CNC(=O)c2cnn3c4c(cnc23)C(=O)CCC4)c(OC)c1. The van der Waals surface area contributed by atoms with Crippen molar-refractivity contribution in [2.75, 3.05) is 14.2 Å². The van der Waals surface area contributed by atoms with Gasteiger partial charge in [-0.05, 0) is 25.0 Å². The summed E-state index contributed by atoms with van der Waals surface area (Å²) in [6.07, 6.45) is 5.09. The maximum Gasteiger partial charge on any atom is 0.257 e. The van der Waals surface area contributed by atoms with E-state index in [2.05, 4.69) is 15.4 Å². The van der Waals surface area contributed by atoms with Gasteiger partial charge in [-0.15, -0.1) is 0 Å². The molecule has 0 aliphatic heterocycles. The number of ketones is 1. The van der Waals surface area contributed by atoms with E-state index in [1.54, 1.807) is 31.0 Å². The molecule has 8 heteroatoms. The summed E-state index contributed by atoms with van der Waals surface area (Å²) >= 11 is 0. The highest BCUT2D eigenvalue weighted by Crippen LogP contribution is 2.25. The predicted octanol–water partition coefficient (Wildman–Crippen LogP) is 2.20. The molecule has 0 saturated carbocycles. The van der Waals surface area contributed by atoms with Crippen LogP contribution in [0.25, 0.3) is 5.65 Å². The Balaban J connectivity index is 1.58. The van der Waals surface area contributed by atoms with Gasteiger partial charge in [-0.25, -0.2) is 9.50 Å². The molecule has 0 saturated heterocycles. The Bertz CT molecular complexity index is 1070. The topological polar surface area (TPSA) is 94.8 Å². The lowest BCUT2D eigenvalue weighted by molar-refractivity contribution is 0.0950. The number of Topliss-reactive ketones (excluding diaryl/α,β-unsaturated/α-hetero) is 1. The van der Waals surface area contributed by atoms with Crippen LogP contribution in [-0.4, -0.2) is 40.5 Å². The zero-order valence-corrected chi connectivity index (χ0v) is 15.7. The molecule has 1 aromatic carbocycles. The maximum absolute atomic E-state index is 12.7. The van der Waals surface area contributed by atoms with Gasteiger partial charge in [0, 0.05) is 30.8 Å². The van der Waals surface area contributed by atoms with Crippen molar-refractivity contribution < 1.29 is 19.1 Å². The second kappa shape index (κ2) is 7.30. The number of fused-ring (bicyclic) bond motifs is 3. The van der Waals surface area contributed by atoms with Crippen LogP contribution in [0.3, 0.4) is 0 Å². The first-order valence-electron chi connectivity index (χ1n) is 9.00. The van der Waals surface area contributed by atoms with Crippen LogP contribution in [0.1, 0.15) is 44.8 Å². The molecule has 3 aromatic rings. The van der Waals surface area contributed by atoms with Crippen LogP contribution in [0.15, 0.2) is 30.6 Å². The first-order valence-corrected chi connectivity index (χ1v) is 9.00. The summed E-state index contributed by atoms with van der Waals surface area (Å²) < 4.78 is 12.2. The molecule has 2 heterocycles. The van der Waals surface area contributed by atoms with Crippen LogP contribution in [0.4, 0.5) is 0 Å². The monoisotopic (exact) mass is 380 g/mol. The van der Waals surface area contributed by atoms with Gasteiger partial charge in [0.05, 0.1) is 31.7 Å². The van der Waals surface area contributed by atoms with Gasteiger partial charge in [0.25, 0.3) is 5.91 Å². The van der Waals surface area contributed by atoms with E-state index in [-0.39, 0.29) is 18.2 Å². The number of hydrogen-bond acceptors (Lipinski definition) is 6. The van der Waals surface area contributed by atoms with Crippen molar-refractivity contribution in [2.45, 2.75) is 25.8 Å². The third-order valence-electron chi connectivity index (χ3n) is 4.92. The smallest absolute Gasteiger partial charge is 0.257 e. The molecule has 1 amide bonds. The molecule has 0 atom stereocenters. The molecule has 0 bridgehead atoms. The highest BCUT2D eigenvalue weighted by Gasteiger charge is 2.23. The largest absolute Gasteiger partial charge is 0.497 e. The van der Waals surface area contributed by atoms with Crippen molar-refractivity contribution in [1.29, 1.82) is 0 Å². The van der Waals surface area contributed by atoms with E-state index in [1.807, 2.05) is 12.1 Å². The van der Waals surface area contributed by atoms with Crippen molar-refractivity contribution in [3.63, 3.8) is 0 Å². The second-order valence-electron chi connectivity index (χ2n) is 6.55. The Kier molecular flexibility index (Phi) is 4.68. The summed E-state index contributed by atoms with van der Waals surface area (Å²) in [5, 5.41) is 7.17. The van der Waals surface area contributed by atoms with Crippen LogP contribution >= 0.6 is 0 Å². The van der Waals surface area contributed by atoms with Crippen molar-refractivity contribution in [2.24, 2.45) is 0 Å². The molecule has 0 fully saturated rings. The van der Waals surface area contributed by atoms with Gasteiger partial charge >= 0.3 is 0 Å². The Hall–Kier alpha value is -3.42. The fourth-order valence-electron chi connectivity index (χ4n) is 3.43. The zero-order valence-electron chi connectivity index (χ0n) is 15.7. The van der Waals surface area contributed by atoms with Crippen LogP contribution in [-0.2, 0) is 13.0 Å². The summed E-state index contributed by atoms with van der Waals surface area (Å²) in [7, 11) is 3.15. The highest BCUT2D eigenvalue weighted by atomic mass is 16.5. The Morgan fingerprint density at radius 1 is 1.21 bits per heavy atom. The molecule has 0 spiro atoms. The average molecular weight is 380 g/mol. The van der Waals surface area contributed by atoms with E-state index in [0.717, 1.165) is 24.1 Å². The highest BCUT2D eigenvalue weighted by molar-refractivity contribution is 6.01. The van der Waals surface area contributed by atoms with Crippen molar-refractivity contribution >= 4 is 17.3 Å². The number of carbonyl (C=O) groups excluding carboxylic acids is 2. The van der Waals surface area contributed by atoms with Gasteiger partial charge in [0.2, 0.25) is 0 Å². The Morgan fingerprint density at radius 3 is 2.86 bits per heavy atom. The van der Waals surface area contributed by atoms with Crippen molar-refractivity contribution in [3.05, 3.63) is 53.0 Å². The van der Waals surface area contributed by atoms with E-state index < -0.39 is 0 Å². The zero-order chi connectivity index (χ0) is 19.7. The van der Waals surface area contributed by atoms with Crippen LogP contribution in [0, 0.1) is 0 Å². The minimum atomic E-state index is -0.289. The van der Waals surface area contributed by atoms with E-state index in [9.17, 15) is 9.59 Å². The van der Waals surface area contributed by atoms with Gasteiger partial charge < -0.3 is 14.8 Å². The molecule has 0 radical (unpaired) electrons. The molecule has 4 rings (SSSR count). The van der Waals surface area contributed by atoms with Gasteiger partial charge in [0.15, 0.2) is 11.4 Å². The van der Waals surface area contributed by atoms with E-state index in [1.165, 1.54) is 6.20 Å². The van der Waals surface area contributed by atoms with E-state index in [0.29, 0.717) is 34.7 Å². The van der Waals surface area contributed by atoms with E-state index in [4.69, 9.17) is 9.47 Å². The fraction of sp³-hybridized carbons (Fsp3) is 0.300. The Morgan fingerprint density at radius 2 is 2.07 bits per heavy atom. The number of carbonyl (C=O) groups is 2. The molecular weight excluding hydrogens is 360 g/mol. The first-order chi connectivity index (χ1) is 13.6. The quantitative estimate of drug-likeness (QED) is 0.729.